The summed E-state index contributed by atoms with van der Waals surface area (Å²) in [7, 11) is 5.41. The van der Waals surface area contributed by atoms with E-state index in [9.17, 15) is 9.59 Å². The van der Waals surface area contributed by atoms with Gasteiger partial charge in [0.25, 0.3) is 0 Å². The maximum Gasteiger partial charge on any atom is 0.322 e. The molecular formula is C22H30N8O2. The van der Waals surface area contributed by atoms with Crippen molar-refractivity contribution in [3.05, 3.63) is 47.2 Å². The summed E-state index contributed by atoms with van der Waals surface area (Å²) in [4.78, 5) is 40.2. The van der Waals surface area contributed by atoms with Crippen molar-refractivity contribution in [1.29, 1.82) is 0 Å². The van der Waals surface area contributed by atoms with Crippen molar-refractivity contribution >= 4 is 29.3 Å². The highest BCUT2D eigenvalue weighted by Crippen LogP contribution is 2.20. The lowest BCUT2D eigenvalue weighted by Gasteiger charge is -2.43. The number of H-pyrrole nitrogens is 1. The van der Waals surface area contributed by atoms with Crippen LogP contribution in [-0.4, -0.2) is 90.1 Å². The zero-order valence-corrected chi connectivity index (χ0v) is 18.9. The van der Waals surface area contributed by atoms with E-state index in [4.69, 9.17) is 0 Å². The van der Waals surface area contributed by atoms with Crippen LogP contribution in [0.4, 0.5) is 21.0 Å². The molecule has 3 heterocycles. The SMILES string of the molecule is C[C@H]1CN(C2=c3cc[nH]c3=NCN2C)CCN1C(=O)Nc1ccc(NC(=O)N(C)C)cc1. The van der Waals surface area contributed by atoms with E-state index in [1.807, 2.05) is 18.1 Å². The number of benzene rings is 1. The first-order valence-corrected chi connectivity index (χ1v) is 10.7. The predicted molar refractivity (Wildman–Crippen MR) is 124 cm³/mol. The monoisotopic (exact) mass is 438 g/mol. The third kappa shape index (κ3) is 4.34. The number of hydrogen-bond acceptors (Lipinski definition) is 5. The Bertz CT molecular complexity index is 1110. The molecule has 1 atom stereocenters. The maximum atomic E-state index is 12.9. The molecule has 2 aliphatic heterocycles. The number of carbonyl (C=O) groups is 2. The van der Waals surface area contributed by atoms with Crippen LogP contribution in [0.1, 0.15) is 6.92 Å². The molecule has 1 aromatic carbocycles. The average molecular weight is 439 g/mol. The topological polar surface area (TPSA) is 99.3 Å². The van der Waals surface area contributed by atoms with E-state index in [1.165, 1.54) is 4.90 Å². The quantitative estimate of drug-likeness (QED) is 0.664. The van der Waals surface area contributed by atoms with Gasteiger partial charge in [0, 0.05) is 64.4 Å². The molecule has 0 saturated carbocycles. The number of urea groups is 2. The Morgan fingerprint density at radius 2 is 1.78 bits per heavy atom. The Kier molecular flexibility index (Phi) is 5.93. The van der Waals surface area contributed by atoms with Gasteiger partial charge in [0.05, 0.1) is 5.22 Å². The minimum Gasteiger partial charge on any atom is -0.354 e. The number of rotatable bonds is 3. The lowest BCUT2D eigenvalue weighted by Crippen LogP contribution is -2.57. The minimum atomic E-state index is -0.199. The predicted octanol–water partition coefficient (Wildman–Crippen LogP) is 0.935. The number of carbonyl (C=O) groups excluding carboxylic acids is 2. The molecule has 2 aliphatic rings. The second kappa shape index (κ2) is 8.81. The van der Waals surface area contributed by atoms with Gasteiger partial charge < -0.3 is 35.2 Å². The number of piperazine rings is 1. The van der Waals surface area contributed by atoms with Gasteiger partial charge in [0.2, 0.25) is 0 Å². The summed E-state index contributed by atoms with van der Waals surface area (Å²) in [5.74, 6) is 1.15. The van der Waals surface area contributed by atoms with Crippen LogP contribution >= 0.6 is 0 Å². The molecule has 0 spiro atoms. The van der Waals surface area contributed by atoms with Crippen molar-refractivity contribution in [1.82, 2.24) is 24.6 Å². The summed E-state index contributed by atoms with van der Waals surface area (Å²) in [5.41, 5.74) is 2.27. The van der Waals surface area contributed by atoms with Gasteiger partial charge in [-0.25, -0.2) is 14.6 Å². The third-order valence-electron chi connectivity index (χ3n) is 5.75. The highest BCUT2D eigenvalue weighted by atomic mass is 16.2. The Balaban J connectivity index is 1.39. The number of hydrogen-bond donors (Lipinski definition) is 3. The van der Waals surface area contributed by atoms with Crippen molar-refractivity contribution < 1.29 is 9.59 Å². The van der Waals surface area contributed by atoms with Crippen molar-refractivity contribution in [3.8, 4) is 0 Å². The van der Waals surface area contributed by atoms with Gasteiger partial charge in [-0.05, 0) is 37.3 Å². The Morgan fingerprint density at radius 1 is 1.09 bits per heavy atom. The molecule has 10 heteroatoms. The number of nitrogens with one attached hydrogen (secondary N) is 3. The number of aromatic amines is 1. The normalized spacial score (nSPS) is 18.1. The molecule has 3 N–H and O–H groups in total. The third-order valence-corrected chi connectivity index (χ3v) is 5.75. The fourth-order valence-corrected chi connectivity index (χ4v) is 4.05. The fraction of sp³-hybridized carbons (Fsp3) is 0.409. The summed E-state index contributed by atoms with van der Waals surface area (Å²) in [6.07, 6.45) is 1.91. The molecule has 2 aromatic rings. The highest BCUT2D eigenvalue weighted by Gasteiger charge is 2.30. The molecule has 0 bridgehead atoms. The summed E-state index contributed by atoms with van der Waals surface area (Å²) >= 11 is 0. The highest BCUT2D eigenvalue weighted by molar-refractivity contribution is 5.91. The number of amides is 4. The van der Waals surface area contributed by atoms with Gasteiger partial charge in [-0.15, -0.1) is 0 Å². The molecule has 10 nitrogen and oxygen atoms in total. The zero-order valence-electron chi connectivity index (χ0n) is 18.9. The molecule has 1 fully saturated rings. The van der Waals surface area contributed by atoms with E-state index in [0.29, 0.717) is 24.6 Å². The van der Waals surface area contributed by atoms with E-state index in [0.717, 1.165) is 29.6 Å². The molecule has 0 radical (unpaired) electrons. The smallest absolute Gasteiger partial charge is 0.322 e. The van der Waals surface area contributed by atoms with Gasteiger partial charge >= 0.3 is 12.1 Å². The van der Waals surface area contributed by atoms with Gasteiger partial charge in [0.1, 0.15) is 18.0 Å². The second-order valence-electron chi connectivity index (χ2n) is 8.38. The van der Waals surface area contributed by atoms with Gasteiger partial charge in [-0.2, -0.15) is 0 Å². The standard InChI is InChI=1S/C22H30N8O2/c1-15-13-29(20-18-9-10-23-19(18)24-14-28(20)4)11-12-30(15)22(32)26-17-7-5-16(6-8-17)25-21(31)27(2)3/h5-10,15H,11-14H2,1-4H3,(H,23,24)(H,25,31)(H,26,32)/t15-/m0/s1. The van der Waals surface area contributed by atoms with Crippen molar-refractivity contribution in [2.45, 2.75) is 13.0 Å². The number of nitrogens with zero attached hydrogens (tertiary/aromatic N) is 5. The van der Waals surface area contributed by atoms with Crippen LogP contribution in [0.3, 0.4) is 0 Å². The maximum absolute atomic E-state index is 12.9. The van der Waals surface area contributed by atoms with Crippen LogP contribution in [0.2, 0.25) is 0 Å². The summed E-state index contributed by atoms with van der Waals surface area (Å²) in [6.45, 7) is 4.79. The van der Waals surface area contributed by atoms with Gasteiger partial charge in [0.15, 0.2) is 0 Å². The van der Waals surface area contributed by atoms with Gasteiger partial charge in [-0.3, -0.25) is 0 Å². The number of anilines is 2. The van der Waals surface area contributed by atoms with Crippen molar-refractivity contribution in [2.24, 2.45) is 4.99 Å². The molecule has 170 valence electrons. The second-order valence-corrected chi connectivity index (χ2v) is 8.38. The van der Waals surface area contributed by atoms with E-state index in [1.54, 1.807) is 38.4 Å². The molecule has 32 heavy (non-hydrogen) atoms. The summed E-state index contributed by atoms with van der Waals surface area (Å²) < 4.78 is 0. The Labute approximate surface area is 187 Å². The number of aromatic nitrogens is 1. The van der Waals surface area contributed by atoms with Crippen LogP contribution in [0, 0.1) is 0 Å². The van der Waals surface area contributed by atoms with E-state index in [-0.39, 0.29) is 18.1 Å². The Hall–Kier alpha value is -3.69. The van der Waals surface area contributed by atoms with Crippen LogP contribution in [-0.2, 0) is 0 Å². The first-order chi connectivity index (χ1) is 15.3. The number of fused-ring (bicyclic) bond motifs is 1. The largest absolute Gasteiger partial charge is 0.354 e. The lowest BCUT2D eigenvalue weighted by molar-refractivity contribution is 0.128. The molecule has 0 aliphatic carbocycles. The molecular weight excluding hydrogens is 408 g/mol. The van der Waals surface area contributed by atoms with E-state index >= 15 is 0 Å². The molecule has 1 aromatic heterocycles. The molecule has 1 saturated heterocycles. The zero-order chi connectivity index (χ0) is 22.8. The molecule has 4 amide bonds. The van der Waals surface area contributed by atoms with Crippen LogP contribution < -0.4 is 21.3 Å². The van der Waals surface area contributed by atoms with Crippen molar-refractivity contribution in [3.63, 3.8) is 0 Å². The van der Waals surface area contributed by atoms with Crippen LogP contribution in [0.15, 0.2) is 41.5 Å². The Morgan fingerprint density at radius 3 is 2.44 bits per heavy atom. The molecule has 4 rings (SSSR count). The molecule has 0 unspecified atom stereocenters. The van der Waals surface area contributed by atoms with E-state index < -0.39 is 0 Å². The van der Waals surface area contributed by atoms with Crippen LogP contribution in [0.25, 0.3) is 5.82 Å². The first kappa shape index (κ1) is 21.5. The lowest BCUT2D eigenvalue weighted by atomic mass is 10.2. The van der Waals surface area contributed by atoms with Crippen LogP contribution in [0.5, 0.6) is 0 Å². The summed E-state index contributed by atoms with van der Waals surface area (Å²) in [6, 6.07) is 8.89. The first-order valence-electron chi connectivity index (χ1n) is 10.7. The summed E-state index contributed by atoms with van der Waals surface area (Å²) in [5, 5.41) is 6.85. The van der Waals surface area contributed by atoms with Crippen molar-refractivity contribution in [2.75, 3.05) is 58.1 Å². The average Bonchev–Trinajstić information content (AvgIpc) is 3.23. The minimum absolute atomic E-state index is 0.0459. The van der Waals surface area contributed by atoms with E-state index in [2.05, 4.69) is 43.4 Å². The van der Waals surface area contributed by atoms with Gasteiger partial charge in [-0.1, -0.05) is 0 Å². The fourth-order valence-electron chi connectivity index (χ4n) is 4.05.